The molecule has 0 aliphatic carbocycles. The van der Waals surface area contributed by atoms with E-state index in [1.807, 2.05) is 0 Å². The van der Waals surface area contributed by atoms with Gasteiger partial charge in [0.2, 0.25) is 0 Å². The molecule has 3 aromatic rings. The van der Waals surface area contributed by atoms with Crippen molar-refractivity contribution in [3.05, 3.63) is 91.0 Å². The Hall–Kier alpha value is -1.60. The molecule has 3 rings (SSSR count). The monoisotopic (exact) mass is 480 g/mol. The minimum atomic E-state index is -2.06. The van der Waals surface area contributed by atoms with Crippen molar-refractivity contribution in [3.8, 4) is 0 Å². The average molecular weight is 480 g/mol. The van der Waals surface area contributed by atoms with Gasteiger partial charge in [-0.3, -0.25) is 9.41 Å². The van der Waals surface area contributed by atoms with Crippen molar-refractivity contribution in [2.45, 2.75) is 0 Å². The number of hydrogen-bond acceptors (Lipinski definition) is 0. The summed E-state index contributed by atoms with van der Waals surface area (Å²) < 4.78 is 4.61. The summed E-state index contributed by atoms with van der Waals surface area (Å²) in [5.74, 6) is 0. The molecule has 0 nitrogen and oxygen atoms in total. The normalized spacial score (nSPS) is 9.57. The molecule has 0 aliphatic rings. The maximum atomic E-state index is 2.29. The zero-order chi connectivity index (χ0) is 12.9. The third-order valence-corrected chi connectivity index (χ3v) is 12.5. The second-order valence-electron chi connectivity index (χ2n) is 4.34. The summed E-state index contributed by atoms with van der Waals surface area (Å²) in [7, 11) is 0. The molecule has 0 saturated heterocycles. The Kier molecular flexibility index (Phi) is 7.18. The van der Waals surface area contributed by atoms with Gasteiger partial charge in [0.1, 0.15) is 0 Å². The van der Waals surface area contributed by atoms with Gasteiger partial charge in [0.15, 0.2) is 0 Å². The Morgan fingerprint density at radius 3 is 0.857 bits per heavy atom. The molecule has 0 fully saturated rings. The Morgan fingerprint density at radius 1 is 0.381 bits per heavy atom. The van der Waals surface area contributed by atoms with Gasteiger partial charge >= 0.3 is 123 Å². The summed E-state index contributed by atoms with van der Waals surface area (Å²) in [4.78, 5) is 0. The van der Waals surface area contributed by atoms with Crippen molar-refractivity contribution < 1.29 is 9.41 Å². The molecule has 0 amide bonds. The minimum absolute atomic E-state index is 0. The first-order valence-electron chi connectivity index (χ1n) is 6.40. The molecule has 0 aromatic heterocycles. The molecule has 3 aromatic carbocycles. The quantitative estimate of drug-likeness (QED) is 0.506. The van der Waals surface area contributed by atoms with Crippen LogP contribution in [0.1, 0.15) is 0 Å². The van der Waals surface area contributed by atoms with E-state index in [-0.39, 0.29) is 9.41 Å². The van der Waals surface area contributed by atoms with Crippen LogP contribution in [0.15, 0.2) is 91.0 Å². The number of benzene rings is 3. The Labute approximate surface area is 131 Å². The summed E-state index contributed by atoms with van der Waals surface area (Å²) in [6.45, 7) is 0. The molecule has 108 valence electrons. The average Bonchev–Trinajstić information content (AvgIpc) is 2.51. The van der Waals surface area contributed by atoms with Gasteiger partial charge in [0, 0.05) is 0 Å². The van der Waals surface area contributed by atoms with Crippen LogP contribution in [0.3, 0.4) is 0 Å². The van der Waals surface area contributed by atoms with E-state index in [0.29, 0.717) is 0 Å². The van der Waals surface area contributed by atoms with E-state index in [1.165, 1.54) is 9.81 Å². The molecule has 0 radical (unpaired) electrons. The van der Waals surface area contributed by atoms with Crippen LogP contribution in [0.25, 0.3) is 0 Å². The fourth-order valence-corrected chi connectivity index (χ4v) is 11.1. The van der Waals surface area contributed by atoms with Gasteiger partial charge in [0.25, 0.3) is 0 Å². The van der Waals surface area contributed by atoms with Gasteiger partial charge in [-0.05, 0) is 0 Å². The second kappa shape index (κ2) is 8.64. The van der Waals surface area contributed by atoms with Gasteiger partial charge in [-0.2, -0.15) is 0 Å². The van der Waals surface area contributed by atoms with Crippen LogP contribution in [0.5, 0.6) is 0 Å². The maximum absolute atomic E-state index is 2.29. The van der Waals surface area contributed by atoms with E-state index in [2.05, 4.69) is 91.0 Å². The molecule has 0 saturated carbocycles. The van der Waals surface area contributed by atoms with E-state index < -0.39 is 21.8 Å². The van der Waals surface area contributed by atoms with Crippen LogP contribution >= 0.6 is 0 Å². The first-order chi connectivity index (χ1) is 9.45. The van der Waals surface area contributed by atoms with Crippen LogP contribution in [0, 0.1) is 0 Å². The summed E-state index contributed by atoms with van der Waals surface area (Å²) in [6.07, 6.45) is 0. The van der Waals surface area contributed by atoms with E-state index >= 15 is 0 Å². The molecule has 3 heteroatoms. The fraction of sp³-hybridized carbons (Fsp3) is 0. The van der Waals surface area contributed by atoms with Gasteiger partial charge in [0.05, 0.1) is 0 Å². The molecule has 0 unspecified atom stereocenters. The van der Waals surface area contributed by atoms with Crippen molar-refractivity contribution in [2.24, 2.45) is 0 Å². The Morgan fingerprint density at radius 2 is 0.619 bits per heavy atom. The first kappa shape index (κ1) is 17.5. The molecule has 0 atom stereocenters. The Bertz CT molecular complexity index is 533. The van der Waals surface area contributed by atoms with Gasteiger partial charge in [-0.15, -0.1) is 0 Å². The van der Waals surface area contributed by atoms with Crippen molar-refractivity contribution in [1.82, 2.24) is 0 Å². The molecule has 0 aliphatic heterocycles. The zero-order valence-corrected chi connectivity index (χ0v) is 14.9. The van der Waals surface area contributed by atoms with Gasteiger partial charge < -0.3 is 0 Å². The van der Waals surface area contributed by atoms with E-state index in [9.17, 15) is 0 Å². The van der Waals surface area contributed by atoms with Crippen LogP contribution < -0.4 is 9.81 Å². The van der Waals surface area contributed by atoms with E-state index in [4.69, 9.17) is 0 Å². The van der Waals surface area contributed by atoms with Crippen molar-refractivity contribution in [1.29, 1.82) is 0 Å². The van der Waals surface area contributed by atoms with E-state index in [1.54, 1.807) is 0 Å². The molecule has 0 bridgehead atoms. The van der Waals surface area contributed by atoms with E-state index in [0.717, 1.165) is 0 Å². The van der Waals surface area contributed by atoms with Crippen LogP contribution in [0.4, 0.5) is 9.41 Å². The molecule has 0 spiro atoms. The molecule has 0 heterocycles. The zero-order valence-electron chi connectivity index (χ0n) is 11.4. The van der Waals surface area contributed by atoms with Crippen LogP contribution in [-0.4, -0.2) is 21.8 Å². The predicted molar refractivity (Wildman–Crippen MR) is 89.0 cm³/mol. The summed E-state index contributed by atoms with van der Waals surface area (Å²) in [5.41, 5.74) is 0. The number of halogens is 2. The number of rotatable bonds is 3. The summed E-state index contributed by atoms with van der Waals surface area (Å²) in [6, 6.07) is 33.0. The Balaban J connectivity index is 0.00000110. The van der Waals surface area contributed by atoms with Gasteiger partial charge in [-0.25, -0.2) is 0 Å². The third-order valence-electron chi connectivity index (χ3n) is 3.04. The number of hydrogen-bond donors (Lipinski definition) is 0. The first-order valence-corrected chi connectivity index (χ1v) is 11.6. The van der Waals surface area contributed by atoms with Gasteiger partial charge in [-0.1, -0.05) is 0 Å². The fourth-order valence-electron chi connectivity index (χ4n) is 2.18. The van der Waals surface area contributed by atoms with Crippen molar-refractivity contribution >= 4 is 31.6 Å². The van der Waals surface area contributed by atoms with Crippen molar-refractivity contribution in [3.63, 3.8) is 0 Å². The second-order valence-corrected chi connectivity index (χ2v) is 13.0. The molecule has 0 N–H and O–H groups in total. The third kappa shape index (κ3) is 4.18. The SMILES string of the molecule is F.F.c1cc[c]([Bi]([c]2ccccc2)[c]2ccccc2)cc1. The molecular weight excluding hydrogens is 463 g/mol. The molecule has 21 heavy (non-hydrogen) atoms. The summed E-state index contributed by atoms with van der Waals surface area (Å²) in [5, 5.41) is 0. The standard InChI is InChI=1S/3C6H5.Bi.2FH/c3*1-2-4-6-5-3-1;;;/h3*1-5H;;2*1H. The van der Waals surface area contributed by atoms with Crippen LogP contribution in [-0.2, 0) is 0 Å². The predicted octanol–water partition coefficient (Wildman–Crippen LogP) is 2.51. The topological polar surface area (TPSA) is 0 Å². The van der Waals surface area contributed by atoms with Crippen LogP contribution in [0.2, 0.25) is 0 Å². The molecular formula is C18H17BiF2. The van der Waals surface area contributed by atoms with Crippen molar-refractivity contribution in [2.75, 3.05) is 0 Å². The summed E-state index contributed by atoms with van der Waals surface area (Å²) >= 11 is -2.06.